The predicted octanol–water partition coefficient (Wildman–Crippen LogP) is 0.228. The summed E-state index contributed by atoms with van der Waals surface area (Å²) in [4.78, 5) is 10.1. The Bertz CT molecular complexity index is 108. The fourth-order valence-corrected chi connectivity index (χ4v) is 1.06. The van der Waals surface area contributed by atoms with Crippen LogP contribution in [-0.2, 0) is 4.79 Å². The van der Waals surface area contributed by atoms with E-state index in [1.807, 2.05) is 0 Å². The molecule has 1 rings (SSSR count). The van der Waals surface area contributed by atoms with Crippen molar-refractivity contribution in [3.05, 3.63) is 0 Å². The van der Waals surface area contributed by atoms with Gasteiger partial charge in [0.25, 0.3) is 0 Å². The van der Waals surface area contributed by atoms with Crippen molar-refractivity contribution in [2.45, 2.75) is 25.3 Å². The van der Waals surface area contributed by atoms with Gasteiger partial charge >= 0.3 is 5.97 Å². The molecule has 1 saturated heterocycles. The summed E-state index contributed by atoms with van der Waals surface area (Å²) in [6.45, 7) is 0.859. The Kier molecular flexibility index (Phi) is 2.05. The molecule has 0 aliphatic carbocycles. The number of rotatable bonds is 2. The number of hydrogen-bond acceptors (Lipinski definition) is 1. The van der Waals surface area contributed by atoms with Crippen LogP contribution < -0.4 is 5.32 Å². The van der Waals surface area contributed by atoms with Gasteiger partial charge in [-0.05, 0) is 12.8 Å². The normalized spacial score (nSPS) is 26.4. The smallest absolute Gasteiger partial charge is 0.304 e. The largest absolute Gasteiger partial charge is 0.481 e. The first-order valence-electron chi connectivity index (χ1n) is 3.17. The lowest BCUT2D eigenvalue weighted by molar-refractivity contribution is -0.137. The highest BCUT2D eigenvalue weighted by atomic mass is 16.4. The summed E-state index contributed by atoms with van der Waals surface area (Å²) >= 11 is 0. The Morgan fingerprint density at radius 1 is 1.78 bits per heavy atom. The summed E-state index contributed by atoms with van der Waals surface area (Å²) in [7, 11) is 0. The maximum absolute atomic E-state index is 10.1. The van der Waals surface area contributed by atoms with E-state index in [1.54, 1.807) is 0 Å². The number of nitrogens with zero attached hydrogens (tertiary/aromatic N) is 1. The van der Waals surface area contributed by atoms with Crippen molar-refractivity contribution in [1.82, 2.24) is 5.32 Å². The van der Waals surface area contributed by atoms with Gasteiger partial charge in [0.05, 0.1) is 6.42 Å². The van der Waals surface area contributed by atoms with E-state index in [1.165, 1.54) is 0 Å². The Balaban J connectivity index is 2.19. The molecule has 0 aromatic carbocycles. The Labute approximate surface area is 54.1 Å². The van der Waals surface area contributed by atoms with Crippen molar-refractivity contribution < 1.29 is 9.90 Å². The molecule has 1 aliphatic heterocycles. The molecule has 0 amide bonds. The summed E-state index contributed by atoms with van der Waals surface area (Å²) in [5.74, 6) is -0.731. The third kappa shape index (κ3) is 2.01. The average molecular weight is 128 g/mol. The molecule has 3 heteroatoms. The van der Waals surface area contributed by atoms with Crippen molar-refractivity contribution in [2.75, 3.05) is 6.54 Å². The van der Waals surface area contributed by atoms with Gasteiger partial charge in [0.15, 0.2) is 0 Å². The van der Waals surface area contributed by atoms with Crippen LogP contribution in [0.3, 0.4) is 0 Å². The fraction of sp³-hybridized carbons (Fsp3) is 0.833. The molecule has 0 aromatic rings. The molecule has 3 nitrogen and oxygen atoms in total. The maximum atomic E-state index is 10.1. The minimum absolute atomic E-state index is 0.113. The number of carboxylic acids is 1. The zero-order chi connectivity index (χ0) is 6.69. The molecule has 9 heavy (non-hydrogen) atoms. The molecule has 1 radical (unpaired) electrons. The lowest BCUT2D eigenvalue weighted by Gasteiger charge is -2.01. The van der Waals surface area contributed by atoms with E-state index >= 15 is 0 Å². The van der Waals surface area contributed by atoms with Gasteiger partial charge in [0, 0.05) is 12.6 Å². The summed E-state index contributed by atoms with van der Waals surface area (Å²) in [6, 6.07) is 0.113. The van der Waals surface area contributed by atoms with Crippen LogP contribution in [0, 0.1) is 0 Å². The SMILES string of the molecule is O=C(O)CC1CCC[N]1. The first kappa shape index (κ1) is 6.55. The highest BCUT2D eigenvalue weighted by Crippen LogP contribution is 2.09. The molecule has 1 heterocycles. The zero-order valence-corrected chi connectivity index (χ0v) is 5.21. The first-order chi connectivity index (χ1) is 4.29. The van der Waals surface area contributed by atoms with Gasteiger partial charge in [0.1, 0.15) is 0 Å². The van der Waals surface area contributed by atoms with Gasteiger partial charge in [0.2, 0.25) is 0 Å². The van der Waals surface area contributed by atoms with E-state index in [-0.39, 0.29) is 12.5 Å². The third-order valence-corrected chi connectivity index (χ3v) is 1.49. The predicted molar refractivity (Wildman–Crippen MR) is 32.3 cm³/mol. The average Bonchev–Trinajstić information content (AvgIpc) is 2.15. The summed E-state index contributed by atoms with van der Waals surface area (Å²) in [5.41, 5.74) is 0. The van der Waals surface area contributed by atoms with Crippen LogP contribution in [0.2, 0.25) is 0 Å². The van der Waals surface area contributed by atoms with Crippen molar-refractivity contribution in [2.24, 2.45) is 0 Å². The molecular formula is C6H10NO2. The van der Waals surface area contributed by atoms with Crippen molar-refractivity contribution in [1.29, 1.82) is 0 Å². The molecule has 1 unspecified atom stereocenters. The van der Waals surface area contributed by atoms with Crippen LogP contribution in [0.15, 0.2) is 0 Å². The second-order valence-electron chi connectivity index (χ2n) is 2.30. The van der Waals surface area contributed by atoms with Gasteiger partial charge in [-0.1, -0.05) is 0 Å². The van der Waals surface area contributed by atoms with Gasteiger partial charge < -0.3 is 5.11 Å². The Hall–Kier alpha value is -0.570. The summed E-state index contributed by atoms with van der Waals surface area (Å²) in [5, 5.41) is 12.4. The van der Waals surface area contributed by atoms with Crippen LogP contribution in [-0.4, -0.2) is 23.7 Å². The second kappa shape index (κ2) is 2.82. The van der Waals surface area contributed by atoms with E-state index in [0.29, 0.717) is 0 Å². The molecule has 51 valence electrons. The van der Waals surface area contributed by atoms with Crippen LogP contribution in [0.1, 0.15) is 19.3 Å². The van der Waals surface area contributed by atoms with E-state index in [9.17, 15) is 4.79 Å². The highest BCUT2D eigenvalue weighted by Gasteiger charge is 2.17. The minimum Gasteiger partial charge on any atom is -0.481 e. The summed E-state index contributed by atoms with van der Waals surface area (Å²) < 4.78 is 0. The molecule has 1 N–H and O–H groups in total. The maximum Gasteiger partial charge on any atom is 0.304 e. The van der Waals surface area contributed by atoms with Gasteiger partial charge in [-0.25, -0.2) is 5.32 Å². The summed E-state index contributed by atoms with van der Waals surface area (Å²) in [6.07, 6.45) is 2.25. The van der Waals surface area contributed by atoms with Crippen molar-refractivity contribution in [3.63, 3.8) is 0 Å². The van der Waals surface area contributed by atoms with Crippen LogP contribution in [0.25, 0.3) is 0 Å². The van der Waals surface area contributed by atoms with Crippen LogP contribution >= 0.6 is 0 Å². The van der Waals surface area contributed by atoms with E-state index < -0.39 is 5.97 Å². The third-order valence-electron chi connectivity index (χ3n) is 1.49. The molecular weight excluding hydrogens is 118 g/mol. The Morgan fingerprint density at radius 3 is 3.00 bits per heavy atom. The van der Waals surface area contributed by atoms with Crippen LogP contribution in [0.5, 0.6) is 0 Å². The fourth-order valence-electron chi connectivity index (χ4n) is 1.06. The number of carboxylic acid groups (broad SMARTS) is 1. The highest BCUT2D eigenvalue weighted by molar-refractivity contribution is 5.67. The lowest BCUT2D eigenvalue weighted by Crippen LogP contribution is -2.18. The van der Waals surface area contributed by atoms with Gasteiger partial charge in [-0.3, -0.25) is 4.79 Å². The number of hydrogen-bond donors (Lipinski definition) is 1. The number of aliphatic carboxylic acids is 1. The Morgan fingerprint density at radius 2 is 2.56 bits per heavy atom. The monoisotopic (exact) mass is 128 g/mol. The number of carbonyl (C=O) groups is 1. The van der Waals surface area contributed by atoms with Crippen molar-refractivity contribution in [3.8, 4) is 0 Å². The molecule has 1 fully saturated rings. The minimum atomic E-state index is -0.731. The topological polar surface area (TPSA) is 51.4 Å². The molecule has 1 aliphatic rings. The molecule has 1 atom stereocenters. The van der Waals surface area contributed by atoms with E-state index in [4.69, 9.17) is 5.11 Å². The quantitative estimate of drug-likeness (QED) is 0.578. The standard InChI is InChI=1S/C6H10NO2/c8-6(9)4-5-2-1-3-7-5/h5H,1-4H2,(H,8,9). The van der Waals surface area contributed by atoms with Crippen molar-refractivity contribution >= 4 is 5.97 Å². The zero-order valence-electron chi connectivity index (χ0n) is 5.21. The van der Waals surface area contributed by atoms with E-state index in [0.717, 1.165) is 19.4 Å². The van der Waals surface area contributed by atoms with E-state index in [2.05, 4.69) is 5.32 Å². The molecule has 0 bridgehead atoms. The molecule has 0 saturated carbocycles. The second-order valence-corrected chi connectivity index (χ2v) is 2.30. The van der Waals surface area contributed by atoms with Crippen LogP contribution in [0.4, 0.5) is 0 Å². The van der Waals surface area contributed by atoms with Gasteiger partial charge in [-0.15, -0.1) is 0 Å². The lowest BCUT2D eigenvalue weighted by atomic mass is 10.2. The molecule has 0 aromatic heterocycles. The first-order valence-corrected chi connectivity index (χ1v) is 3.17. The molecule has 0 spiro atoms. The van der Waals surface area contributed by atoms with Gasteiger partial charge in [-0.2, -0.15) is 0 Å².